The minimum absolute atomic E-state index is 0.244. The average molecular weight is 220 g/mol. The lowest BCUT2D eigenvalue weighted by Gasteiger charge is -2.07. The zero-order chi connectivity index (χ0) is 11.5. The normalized spacial score (nSPS) is 12.6. The van der Waals surface area contributed by atoms with Crippen LogP contribution in [0.25, 0.3) is 11.0 Å². The highest BCUT2D eigenvalue weighted by molar-refractivity contribution is 5.78. The molecule has 84 valence electrons. The predicted octanol–water partition coefficient (Wildman–Crippen LogP) is 1.51. The minimum atomic E-state index is -1.12. The Morgan fingerprint density at radius 1 is 1.50 bits per heavy atom. The van der Waals surface area contributed by atoms with Crippen molar-refractivity contribution in [3.05, 3.63) is 36.1 Å². The summed E-state index contributed by atoms with van der Waals surface area (Å²) < 4.78 is 9.64. The van der Waals surface area contributed by atoms with E-state index in [1.807, 2.05) is 24.3 Å². The topological polar surface area (TPSA) is 59.7 Å². The lowest BCUT2D eigenvalue weighted by atomic mass is 10.1. The van der Waals surface area contributed by atoms with Crippen molar-refractivity contribution in [3.8, 4) is 0 Å². The molecule has 0 saturated heterocycles. The summed E-state index contributed by atoms with van der Waals surface area (Å²) in [5.74, 6) is -0.618. The van der Waals surface area contributed by atoms with Gasteiger partial charge in [0.2, 0.25) is 0 Å². The van der Waals surface area contributed by atoms with E-state index in [0.717, 1.165) is 16.5 Å². The second-order valence-corrected chi connectivity index (χ2v) is 3.54. The number of furan rings is 1. The van der Waals surface area contributed by atoms with Gasteiger partial charge in [-0.1, -0.05) is 6.07 Å². The van der Waals surface area contributed by atoms with Crippen LogP contribution in [-0.4, -0.2) is 24.3 Å². The maximum absolute atomic E-state index is 11.0. The number of methoxy groups -OCH3 is 1. The van der Waals surface area contributed by atoms with Gasteiger partial charge in [0.05, 0.1) is 13.4 Å². The van der Waals surface area contributed by atoms with Gasteiger partial charge in [0.25, 0.3) is 0 Å². The molecule has 1 heterocycles. The van der Waals surface area contributed by atoms with Crippen molar-refractivity contribution in [2.45, 2.75) is 12.5 Å². The predicted molar refractivity (Wildman–Crippen MR) is 57.9 cm³/mol. The van der Waals surface area contributed by atoms with Gasteiger partial charge in [-0.25, -0.2) is 4.79 Å². The fourth-order valence-electron chi connectivity index (χ4n) is 1.59. The smallest absolute Gasteiger partial charge is 0.335 e. The van der Waals surface area contributed by atoms with Gasteiger partial charge in [-0.15, -0.1) is 0 Å². The molecule has 0 amide bonds. The van der Waals surface area contributed by atoms with Gasteiger partial charge in [0.1, 0.15) is 5.58 Å². The molecule has 1 atom stereocenters. The van der Waals surface area contributed by atoms with Gasteiger partial charge >= 0.3 is 5.97 Å². The van der Waals surface area contributed by atoms with Crippen molar-refractivity contribution in [3.63, 3.8) is 0 Å². The number of carbonyl (C=O) groups is 1. The third-order valence-electron chi connectivity index (χ3n) is 2.42. The molecule has 1 aromatic heterocycles. The molecule has 0 spiro atoms. The number of ether oxygens (including phenoxy) is 1. The van der Waals surface area contributed by atoms with Gasteiger partial charge in [-0.3, -0.25) is 0 Å². The van der Waals surface area contributed by atoms with E-state index in [9.17, 15) is 9.90 Å². The molecule has 2 rings (SSSR count). The fraction of sp³-hybridized carbons (Fsp3) is 0.250. The Morgan fingerprint density at radius 2 is 2.31 bits per heavy atom. The Morgan fingerprint density at radius 3 is 3.06 bits per heavy atom. The molecule has 0 bridgehead atoms. The van der Waals surface area contributed by atoms with E-state index in [4.69, 9.17) is 4.42 Å². The molecular weight excluding hydrogens is 208 g/mol. The summed E-state index contributed by atoms with van der Waals surface area (Å²) in [7, 11) is 1.25. The fourth-order valence-corrected chi connectivity index (χ4v) is 1.59. The quantitative estimate of drug-likeness (QED) is 0.796. The highest BCUT2D eigenvalue weighted by Gasteiger charge is 2.15. The molecule has 0 aliphatic heterocycles. The van der Waals surface area contributed by atoms with Gasteiger partial charge in [0.15, 0.2) is 6.10 Å². The van der Waals surface area contributed by atoms with Crippen LogP contribution in [0.4, 0.5) is 0 Å². The number of carbonyl (C=O) groups excluding carboxylic acids is 1. The molecule has 0 aliphatic carbocycles. The van der Waals surface area contributed by atoms with Crippen LogP contribution in [0, 0.1) is 0 Å². The van der Waals surface area contributed by atoms with Crippen LogP contribution in [0.15, 0.2) is 34.9 Å². The van der Waals surface area contributed by atoms with Gasteiger partial charge in [-0.2, -0.15) is 0 Å². The van der Waals surface area contributed by atoms with Crippen LogP contribution in [0.1, 0.15) is 5.56 Å². The maximum atomic E-state index is 11.0. The van der Waals surface area contributed by atoms with Crippen LogP contribution >= 0.6 is 0 Å². The van der Waals surface area contributed by atoms with Gasteiger partial charge in [0, 0.05) is 11.8 Å². The lowest BCUT2D eigenvalue weighted by molar-refractivity contribution is -0.150. The van der Waals surface area contributed by atoms with E-state index >= 15 is 0 Å². The maximum Gasteiger partial charge on any atom is 0.335 e. The van der Waals surface area contributed by atoms with Crippen LogP contribution in [0.2, 0.25) is 0 Å². The molecule has 0 aliphatic rings. The first-order valence-corrected chi connectivity index (χ1v) is 4.93. The van der Waals surface area contributed by atoms with Crippen molar-refractivity contribution >= 4 is 16.9 Å². The molecule has 4 nitrogen and oxygen atoms in total. The van der Waals surface area contributed by atoms with E-state index < -0.39 is 12.1 Å². The van der Waals surface area contributed by atoms with Crippen molar-refractivity contribution in [2.24, 2.45) is 0 Å². The first-order valence-electron chi connectivity index (χ1n) is 4.93. The van der Waals surface area contributed by atoms with Crippen LogP contribution in [0.3, 0.4) is 0 Å². The van der Waals surface area contributed by atoms with Crippen molar-refractivity contribution < 1.29 is 19.1 Å². The van der Waals surface area contributed by atoms with Crippen LogP contribution in [0.5, 0.6) is 0 Å². The summed E-state index contributed by atoms with van der Waals surface area (Å²) in [5.41, 5.74) is 1.66. The SMILES string of the molecule is COC(=O)C(O)Cc1ccc2occc2c1. The van der Waals surface area contributed by atoms with E-state index in [2.05, 4.69) is 4.74 Å². The Balaban J connectivity index is 2.17. The van der Waals surface area contributed by atoms with E-state index in [1.54, 1.807) is 6.26 Å². The molecule has 0 saturated carbocycles. The second kappa shape index (κ2) is 4.37. The third kappa shape index (κ3) is 2.06. The molecule has 1 unspecified atom stereocenters. The number of hydrogen-bond donors (Lipinski definition) is 1. The number of esters is 1. The number of fused-ring (bicyclic) bond motifs is 1. The molecule has 0 fully saturated rings. The molecular formula is C12H12O4. The van der Waals surface area contributed by atoms with E-state index in [0.29, 0.717) is 0 Å². The highest BCUT2D eigenvalue weighted by atomic mass is 16.5. The molecule has 1 aromatic carbocycles. The number of benzene rings is 1. The van der Waals surface area contributed by atoms with Crippen molar-refractivity contribution in [1.82, 2.24) is 0 Å². The summed E-state index contributed by atoms with van der Waals surface area (Å²) in [6.07, 6.45) is 0.730. The number of rotatable bonds is 3. The molecule has 2 aromatic rings. The Labute approximate surface area is 92.4 Å². The summed E-state index contributed by atoms with van der Waals surface area (Å²) in [5, 5.41) is 10.4. The monoisotopic (exact) mass is 220 g/mol. The number of aliphatic hydroxyl groups excluding tert-OH is 1. The first-order chi connectivity index (χ1) is 7.70. The minimum Gasteiger partial charge on any atom is -0.467 e. The lowest BCUT2D eigenvalue weighted by Crippen LogP contribution is -2.23. The van der Waals surface area contributed by atoms with Crippen LogP contribution in [-0.2, 0) is 16.0 Å². The summed E-state index contributed by atoms with van der Waals surface area (Å²) in [6.45, 7) is 0. The molecule has 0 radical (unpaired) electrons. The Bertz CT molecular complexity index is 500. The van der Waals surface area contributed by atoms with E-state index in [1.165, 1.54) is 7.11 Å². The van der Waals surface area contributed by atoms with Crippen molar-refractivity contribution in [1.29, 1.82) is 0 Å². The summed E-state index contributed by atoms with van der Waals surface area (Å²) >= 11 is 0. The third-order valence-corrected chi connectivity index (χ3v) is 2.42. The van der Waals surface area contributed by atoms with Crippen LogP contribution < -0.4 is 0 Å². The van der Waals surface area contributed by atoms with Gasteiger partial charge < -0.3 is 14.3 Å². The molecule has 4 heteroatoms. The number of hydrogen-bond acceptors (Lipinski definition) is 4. The summed E-state index contributed by atoms with van der Waals surface area (Å²) in [6, 6.07) is 7.35. The largest absolute Gasteiger partial charge is 0.467 e. The zero-order valence-corrected chi connectivity index (χ0v) is 8.84. The zero-order valence-electron chi connectivity index (χ0n) is 8.84. The highest BCUT2D eigenvalue weighted by Crippen LogP contribution is 2.18. The average Bonchev–Trinajstić information content (AvgIpc) is 2.75. The van der Waals surface area contributed by atoms with Gasteiger partial charge in [-0.05, 0) is 23.8 Å². The van der Waals surface area contributed by atoms with Crippen molar-refractivity contribution in [2.75, 3.05) is 7.11 Å². The first kappa shape index (κ1) is 10.7. The summed E-state index contributed by atoms with van der Waals surface area (Å²) in [4.78, 5) is 11.0. The number of aliphatic hydroxyl groups is 1. The van der Waals surface area contributed by atoms with E-state index in [-0.39, 0.29) is 6.42 Å². The molecule has 1 N–H and O–H groups in total. The molecule has 16 heavy (non-hydrogen) atoms. The Hall–Kier alpha value is -1.81. The Kier molecular flexibility index (Phi) is 2.92. The standard InChI is InChI=1S/C12H12O4/c1-15-12(14)10(13)7-8-2-3-11-9(6-8)4-5-16-11/h2-6,10,13H,7H2,1H3. The second-order valence-electron chi connectivity index (χ2n) is 3.54.